The van der Waals surface area contributed by atoms with Crippen molar-refractivity contribution in [1.82, 2.24) is 0 Å². The number of halogens is 1. The summed E-state index contributed by atoms with van der Waals surface area (Å²) < 4.78 is 38.0. The van der Waals surface area contributed by atoms with Gasteiger partial charge in [0.15, 0.2) is 0 Å². The quantitative estimate of drug-likeness (QED) is 0.716. The topological polar surface area (TPSA) is 104 Å². The van der Waals surface area contributed by atoms with E-state index >= 15 is 0 Å². The zero-order valence-corrected chi connectivity index (χ0v) is 15.4. The van der Waals surface area contributed by atoms with Crippen molar-refractivity contribution >= 4 is 33.3 Å². The molecule has 0 aliphatic carbocycles. The van der Waals surface area contributed by atoms with Gasteiger partial charge in [0.05, 0.1) is 17.5 Å². The number of carbonyl (C=O) groups excluding carboxylic acids is 1. The second kappa shape index (κ2) is 8.63. The zero-order chi connectivity index (χ0) is 20.0. The maximum Gasteiger partial charge on any atom is 0.335 e. The lowest BCUT2D eigenvalue weighted by atomic mass is 10.2. The number of carbonyl (C=O) groups is 2. The molecule has 27 heavy (non-hydrogen) atoms. The Morgan fingerprint density at radius 2 is 1.67 bits per heavy atom. The van der Waals surface area contributed by atoms with Gasteiger partial charge in [0.25, 0.3) is 0 Å². The van der Waals surface area contributed by atoms with Crippen LogP contribution in [0.1, 0.15) is 23.2 Å². The van der Waals surface area contributed by atoms with Gasteiger partial charge in [0.1, 0.15) is 5.82 Å². The first-order valence-corrected chi connectivity index (χ1v) is 9.88. The molecule has 0 saturated carbocycles. The molecule has 0 unspecified atom stereocenters. The van der Waals surface area contributed by atoms with Crippen LogP contribution in [0.2, 0.25) is 0 Å². The van der Waals surface area contributed by atoms with Crippen LogP contribution in [0.3, 0.4) is 0 Å². The maximum atomic E-state index is 13.0. The van der Waals surface area contributed by atoms with Gasteiger partial charge in [-0.25, -0.2) is 17.6 Å². The van der Waals surface area contributed by atoms with Gasteiger partial charge in [-0.3, -0.25) is 9.10 Å². The summed E-state index contributed by atoms with van der Waals surface area (Å²) in [6.07, 6.45) is 1.36. The van der Waals surface area contributed by atoms with Crippen LogP contribution in [0.25, 0.3) is 0 Å². The van der Waals surface area contributed by atoms with Crippen LogP contribution < -0.4 is 9.62 Å². The van der Waals surface area contributed by atoms with Gasteiger partial charge in [-0.1, -0.05) is 0 Å². The number of anilines is 2. The molecular formula is C18H19FN2O5S. The number of rotatable bonds is 8. The molecule has 0 aliphatic heterocycles. The summed E-state index contributed by atoms with van der Waals surface area (Å²) in [5.41, 5.74) is 0.878. The van der Waals surface area contributed by atoms with Gasteiger partial charge in [0.2, 0.25) is 15.9 Å². The predicted octanol–water partition coefficient (Wildman–Crippen LogP) is 2.71. The normalized spacial score (nSPS) is 11.0. The molecule has 144 valence electrons. The van der Waals surface area contributed by atoms with E-state index in [1.807, 2.05) is 0 Å². The molecule has 7 nitrogen and oxygen atoms in total. The van der Waals surface area contributed by atoms with E-state index in [-0.39, 0.29) is 30.9 Å². The van der Waals surface area contributed by atoms with E-state index in [9.17, 15) is 22.4 Å². The minimum Gasteiger partial charge on any atom is -0.478 e. The van der Waals surface area contributed by atoms with Crippen LogP contribution in [0.15, 0.2) is 48.5 Å². The standard InChI is InChI=1S/C18H19FN2O5S/c1-27(25,26)21(16-10-6-14(19)7-11-16)12-2-3-17(22)20-15-8-4-13(5-9-15)18(23)24/h4-11H,2-3,12H2,1H3,(H,20,22)(H,23,24). The Balaban J connectivity index is 1.93. The van der Waals surface area contributed by atoms with Gasteiger partial charge < -0.3 is 10.4 Å². The van der Waals surface area contributed by atoms with Crippen molar-refractivity contribution in [2.24, 2.45) is 0 Å². The third-order valence-electron chi connectivity index (χ3n) is 3.70. The summed E-state index contributed by atoms with van der Waals surface area (Å²) in [6.45, 7) is 0.0653. The number of nitrogens with one attached hydrogen (secondary N) is 1. The number of amides is 1. The Bertz CT molecular complexity index is 912. The highest BCUT2D eigenvalue weighted by molar-refractivity contribution is 7.92. The fourth-order valence-electron chi connectivity index (χ4n) is 2.40. The summed E-state index contributed by atoms with van der Waals surface area (Å²) in [5.74, 6) is -1.86. The lowest BCUT2D eigenvalue weighted by molar-refractivity contribution is -0.116. The predicted molar refractivity (Wildman–Crippen MR) is 99.9 cm³/mol. The second-order valence-corrected chi connectivity index (χ2v) is 7.75. The van der Waals surface area contributed by atoms with Crippen LogP contribution in [-0.2, 0) is 14.8 Å². The van der Waals surface area contributed by atoms with E-state index < -0.39 is 21.8 Å². The van der Waals surface area contributed by atoms with Crippen LogP contribution in [0, 0.1) is 5.82 Å². The number of hydrogen-bond donors (Lipinski definition) is 2. The lowest BCUT2D eigenvalue weighted by Crippen LogP contribution is -2.31. The van der Waals surface area contributed by atoms with Crippen LogP contribution in [0.4, 0.5) is 15.8 Å². The number of sulfonamides is 1. The third kappa shape index (κ3) is 6.07. The Hall–Kier alpha value is -2.94. The minimum atomic E-state index is -3.58. The average molecular weight is 394 g/mol. The zero-order valence-electron chi connectivity index (χ0n) is 14.6. The molecule has 2 rings (SSSR count). The maximum absolute atomic E-state index is 13.0. The highest BCUT2D eigenvalue weighted by atomic mass is 32.2. The second-order valence-electron chi connectivity index (χ2n) is 5.85. The molecule has 2 aromatic carbocycles. The average Bonchev–Trinajstić information content (AvgIpc) is 2.59. The SMILES string of the molecule is CS(=O)(=O)N(CCCC(=O)Nc1ccc(C(=O)O)cc1)c1ccc(F)cc1. The first-order valence-electron chi connectivity index (χ1n) is 8.03. The summed E-state index contributed by atoms with van der Waals surface area (Å²) in [6, 6.07) is 10.8. The van der Waals surface area contributed by atoms with Gasteiger partial charge >= 0.3 is 5.97 Å². The van der Waals surface area contributed by atoms with Crippen molar-refractivity contribution in [2.75, 3.05) is 22.4 Å². The van der Waals surface area contributed by atoms with E-state index in [2.05, 4.69) is 5.32 Å². The molecule has 0 heterocycles. The fourth-order valence-corrected chi connectivity index (χ4v) is 3.36. The highest BCUT2D eigenvalue weighted by Crippen LogP contribution is 2.19. The van der Waals surface area contributed by atoms with Gasteiger partial charge in [0, 0.05) is 18.7 Å². The lowest BCUT2D eigenvalue weighted by Gasteiger charge is -2.22. The van der Waals surface area contributed by atoms with Crippen molar-refractivity contribution in [3.63, 3.8) is 0 Å². The Kier molecular flexibility index (Phi) is 6.51. The van der Waals surface area contributed by atoms with E-state index in [1.54, 1.807) is 0 Å². The largest absolute Gasteiger partial charge is 0.478 e. The molecular weight excluding hydrogens is 375 g/mol. The van der Waals surface area contributed by atoms with E-state index in [1.165, 1.54) is 48.5 Å². The third-order valence-corrected chi connectivity index (χ3v) is 4.89. The molecule has 0 radical (unpaired) electrons. The molecule has 1 amide bonds. The first-order chi connectivity index (χ1) is 12.7. The number of hydrogen-bond acceptors (Lipinski definition) is 4. The van der Waals surface area contributed by atoms with E-state index in [4.69, 9.17) is 5.11 Å². The Morgan fingerprint density at radius 1 is 1.07 bits per heavy atom. The number of carboxylic acid groups (broad SMARTS) is 1. The number of nitrogens with zero attached hydrogens (tertiary/aromatic N) is 1. The molecule has 0 atom stereocenters. The summed E-state index contributed by atoms with van der Waals surface area (Å²) in [5, 5.41) is 11.5. The first kappa shape index (κ1) is 20.4. The minimum absolute atomic E-state index is 0.0634. The molecule has 2 aromatic rings. The van der Waals surface area contributed by atoms with Crippen LogP contribution in [0.5, 0.6) is 0 Å². The number of benzene rings is 2. The van der Waals surface area contributed by atoms with Crippen LogP contribution in [-0.4, -0.2) is 38.2 Å². The smallest absolute Gasteiger partial charge is 0.335 e. The van der Waals surface area contributed by atoms with Crippen molar-refractivity contribution in [1.29, 1.82) is 0 Å². The Labute approximate surface area is 156 Å². The number of aromatic carboxylic acids is 1. The van der Waals surface area contributed by atoms with Gasteiger partial charge in [-0.05, 0) is 55.0 Å². The fraction of sp³-hybridized carbons (Fsp3) is 0.222. The molecule has 0 aromatic heterocycles. The van der Waals surface area contributed by atoms with E-state index in [0.29, 0.717) is 11.4 Å². The van der Waals surface area contributed by atoms with Gasteiger partial charge in [-0.15, -0.1) is 0 Å². The van der Waals surface area contributed by atoms with Crippen molar-refractivity contribution < 1.29 is 27.5 Å². The van der Waals surface area contributed by atoms with Crippen molar-refractivity contribution in [2.45, 2.75) is 12.8 Å². The molecule has 0 saturated heterocycles. The summed E-state index contributed by atoms with van der Waals surface area (Å²) in [7, 11) is -3.58. The molecule has 2 N–H and O–H groups in total. The Morgan fingerprint density at radius 3 is 2.19 bits per heavy atom. The summed E-state index contributed by atoms with van der Waals surface area (Å²) >= 11 is 0. The van der Waals surface area contributed by atoms with E-state index in [0.717, 1.165) is 10.6 Å². The molecule has 0 spiro atoms. The number of carboxylic acids is 1. The van der Waals surface area contributed by atoms with Crippen molar-refractivity contribution in [3.05, 3.63) is 59.9 Å². The molecule has 9 heteroatoms. The van der Waals surface area contributed by atoms with Gasteiger partial charge in [-0.2, -0.15) is 0 Å². The van der Waals surface area contributed by atoms with Crippen LogP contribution >= 0.6 is 0 Å². The molecule has 0 aliphatic rings. The monoisotopic (exact) mass is 394 g/mol. The molecule has 0 fully saturated rings. The highest BCUT2D eigenvalue weighted by Gasteiger charge is 2.17. The molecule has 0 bridgehead atoms. The summed E-state index contributed by atoms with van der Waals surface area (Å²) in [4.78, 5) is 22.8. The van der Waals surface area contributed by atoms with Crippen molar-refractivity contribution in [3.8, 4) is 0 Å².